The zero-order valence-electron chi connectivity index (χ0n) is 8.58. The van der Waals surface area contributed by atoms with E-state index in [-0.39, 0.29) is 11.1 Å². The van der Waals surface area contributed by atoms with Gasteiger partial charge in [-0.25, -0.2) is 8.78 Å². The fourth-order valence-electron chi connectivity index (χ4n) is 1.46. The highest BCUT2D eigenvalue weighted by Crippen LogP contribution is 2.18. The summed E-state index contributed by atoms with van der Waals surface area (Å²) in [6.45, 7) is 0. The van der Waals surface area contributed by atoms with E-state index >= 15 is 0 Å². The molecule has 0 aliphatic heterocycles. The number of ketones is 1. The lowest BCUT2D eigenvalue weighted by atomic mass is 10.0. The van der Waals surface area contributed by atoms with Crippen molar-refractivity contribution in [2.45, 2.75) is 0 Å². The number of halogens is 3. The van der Waals surface area contributed by atoms with Crippen LogP contribution in [0.3, 0.4) is 0 Å². The summed E-state index contributed by atoms with van der Waals surface area (Å²) in [4.78, 5) is 11.9. The zero-order chi connectivity index (χ0) is 12.4. The Bertz CT molecular complexity index is 581. The molecule has 4 heteroatoms. The van der Waals surface area contributed by atoms with Crippen molar-refractivity contribution in [3.05, 3.63) is 70.2 Å². The molecule has 2 aromatic rings. The van der Waals surface area contributed by atoms with Crippen LogP contribution in [-0.2, 0) is 0 Å². The summed E-state index contributed by atoms with van der Waals surface area (Å²) in [6.07, 6.45) is 0. The van der Waals surface area contributed by atoms with E-state index in [1.807, 2.05) is 0 Å². The SMILES string of the molecule is O=C(c1cccc(Cl)c1)c1cccc(F)c1F. The Morgan fingerprint density at radius 2 is 1.76 bits per heavy atom. The summed E-state index contributed by atoms with van der Waals surface area (Å²) in [6, 6.07) is 9.57. The molecule has 0 heterocycles. The van der Waals surface area contributed by atoms with Crippen LogP contribution in [0.2, 0.25) is 5.02 Å². The smallest absolute Gasteiger partial charge is 0.196 e. The van der Waals surface area contributed by atoms with Crippen LogP contribution in [0.25, 0.3) is 0 Å². The highest BCUT2D eigenvalue weighted by atomic mass is 35.5. The third kappa shape index (κ3) is 2.34. The van der Waals surface area contributed by atoms with Gasteiger partial charge in [-0.2, -0.15) is 0 Å². The van der Waals surface area contributed by atoms with Gasteiger partial charge in [0.05, 0.1) is 5.56 Å². The molecule has 0 unspecified atom stereocenters. The molecule has 2 rings (SSSR count). The van der Waals surface area contributed by atoms with E-state index in [0.29, 0.717) is 5.02 Å². The van der Waals surface area contributed by atoms with E-state index < -0.39 is 17.4 Å². The molecular weight excluding hydrogens is 246 g/mol. The lowest BCUT2D eigenvalue weighted by Crippen LogP contribution is -2.05. The van der Waals surface area contributed by atoms with Crippen LogP contribution >= 0.6 is 11.6 Å². The molecule has 0 fully saturated rings. The number of carbonyl (C=O) groups excluding carboxylic acids is 1. The first-order valence-electron chi connectivity index (χ1n) is 4.84. The molecule has 86 valence electrons. The highest BCUT2D eigenvalue weighted by Gasteiger charge is 2.16. The zero-order valence-corrected chi connectivity index (χ0v) is 9.34. The number of carbonyl (C=O) groups is 1. The van der Waals surface area contributed by atoms with Crippen molar-refractivity contribution in [1.29, 1.82) is 0 Å². The quantitative estimate of drug-likeness (QED) is 0.742. The van der Waals surface area contributed by atoms with Crippen molar-refractivity contribution >= 4 is 17.4 Å². The largest absolute Gasteiger partial charge is 0.288 e. The van der Waals surface area contributed by atoms with Gasteiger partial charge in [-0.15, -0.1) is 0 Å². The minimum atomic E-state index is -1.14. The summed E-state index contributed by atoms with van der Waals surface area (Å²) < 4.78 is 26.4. The molecule has 0 amide bonds. The van der Waals surface area contributed by atoms with Gasteiger partial charge in [-0.3, -0.25) is 4.79 Å². The Morgan fingerprint density at radius 1 is 1.06 bits per heavy atom. The van der Waals surface area contributed by atoms with Gasteiger partial charge in [0.15, 0.2) is 17.4 Å². The molecule has 0 spiro atoms. The van der Waals surface area contributed by atoms with Gasteiger partial charge in [-0.1, -0.05) is 29.8 Å². The minimum Gasteiger partial charge on any atom is -0.288 e. The number of benzene rings is 2. The monoisotopic (exact) mass is 252 g/mol. The maximum absolute atomic E-state index is 13.4. The second-order valence-electron chi connectivity index (χ2n) is 3.44. The molecule has 0 atom stereocenters. The van der Waals surface area contributed by atoms with Crippen molar-refractivity contribution in [3.8, 4) is 0 Å². The molecule has 0 aliphatic rings. The Hall–Kier alpha value is -1.74. The van der Waals surface area contributed by atoms with Crippen molar-refractivity contribution in [2.75, 3.05) is 0 Å². The van der Waals surface area contributed by atoms with Gasteiger partial charge in [-0.05, 0) is 24.3 Å². The van der Waals surface area contributed by atoms with E-state index in [1.165, 1.54) is 24.3 Å². The standard InChI is InChI=1S/C13H7ClF2O/c14-9-4-1-3-8(7-9)13(17)10-5-2-6-11(15)12(10)16/h1-7H. The Morgan fingerprint density at radius 3 is 2.47 bits per heavy atom. The maximum atomic E-state index is 13.4. The van der Waals surface area contributed by atoms with Gasteiger partial charge in [0.25, 0.3) is 0 Å². The molecule has 0 bridgehead atoms. The third-order valence-electron chi connectivity index (χ3n) is 2.28. The van der Waals surface area contributed by atoms with Gasteiger partial charge in [0, 0.05) is 10.6 Å². The summed E-state index contributed by atoms with van der Waals surface area (Å²) >= 11 is 5.73. The molecule has 0 saturated heterocycles. The van der Waals surface area contributed by atoms with Crippen LogP contribution < -0.4 is 0 Å². The van der Waals surface area contributed by atoms with Crippen molar-refractivity contribution in [1.82, 2.24) is 0 Å². The van der Waals surface area contributed by atoms with Crippen molar-refractivity contribution in [2.24, 2.45) is 0 Å². The predicted molar refractivity (Wildman–Crippen MR) is 61.2 cm³/mol. The first-order valence-corrected chi connectivity index (χ1v) is 5.21. The molecule has 0 aliphatic carbocycles. The normalized spacial score (nSPS) is 10.3. The Kier molecular flexibility index (Phi) is 3.20. The van der Waals surface area contributed by atoms with Crippen LogP contribution in [0.5, 0.6) is 0 Å². The molecule has 0 radical (unpaired) electrons. The fraction of sp³-hybridized carbons (Fsp3) is 0. The van der Waals surface area contributed by atoms with Crippen LogP contribution in [-0.4, -0.2) is 5.78 Å². The van der Waals surface area contributed by atoms with Gasteiger partial charge in [0.1, 0.15) is 0 Å². The number of hydrogen-bond acceptors (Lipinski definition) is 1. The van der Waals surface area contributed by atoms with E-state index in [2.05, 4.69) is 0 Å². The van der Waals surface area contributed by atoms with Gasteiger partial charge < -0.3 is 0 Å². The fourth-order valence-corrected chi connectivity index (χ4v) is 1.65. The molecule has 2 aromatic carbocycles. The average molecular weight is 253 g/mol. The summed E-state index contributed by atoms with van der Waals surface area (Å²) in [5, 5.41) is 0.368. The predicted octanol–water partition coefficient (Wildman–Crippen LogP) is 3.85. The van der Waals surface area contributed by atoms with Crippen LogP contribution in [0.15, 0.2) is 42.5 Å². The maximum Gasteiger partial charge on any atom is 0.196 e. The molecule has 0 aromatic heterocycles. The van der Waals surface area contributed by atoms with Crippen LogP contribution in [0.4, 0.5) is 8.78 Å². The van der Waals surface area contributed by atoms with Crippen LogP contribution in [0.1, 0.15) is 15.9 Å². The first-order chi connectivity index (χ1) is 8.09. The average Bonchev–Trinajstić information content (AvgIpc) is 2.32. The van der Waals surface area contributed by atoms with Crippen LogP contribution in [0, 0.1) is 11.6 Å². The Balaban J connectivity index is 2.48. The highest BCUT2D eigenvalue weighted by molar-refractivity contribution is 6.31. The van der Waals surface area contributed by atoms with E-state index in [9.17, 15) is 13.6 Å². The lowest BCUT2D eigenvalue weighted by Gasteiger charge is -2.03. The lowest BCUT2D eigenvalue weighted by molar-refractivity contribution is 0.103. The molecular formula is C13H7ClF2O. The third-order valence-corrected chi connectivity index (χ3v) is 2.52. The number of rotatable bonds is 2. The summed E-state index contributed by atoms with van der Waals surface area (Å²) in [5.74, 6) is -2.78. The number of hydrogen-bond donors (Lipinski definition) is 0. The Labute approximate surface area is 102 Å². The first kappa shape index (κ1) is 11.7. The van der Waals surface area contributed by atoms with Gasteiger partial charge in [0.2, 0.25) is 0 Å². The molecule has 0 saturated carbocycles. The summed E-state index contributed by atoms with van der Waals surface area (Å²) in [5.41, 5.74) is -0.0748. The second kappa shape index (κ2) is 4.63. The molecule has 17 heavy (non-hydrogen) atoms. The topological polar surface area (TPSA) is 17.1 Å². The molecule has 1 nitrogen and oxygen atoms in total. The van der Waals surface area contributed by atoms with Crippen molar-refractivity contribution in [3.63, 3.8) is 0 Å². The van der Waals surface area contributed by atoms with E-state index in [1.54, 1.807) is 12.1 Å². The second-order valence-corrected chi connectivity index (χ2v) is 3.88. The summed E-state index contributed by atoms with van der Waals surface area (Å²) in [7, 11) is 0. The minimum absolute atomic E-state index is 0.224. The van der Waals surface area contributed by atoms with E-state index in [4.69, 9.17) is 11.6 Å². The van der Waals surface area contributed by atoms with Gasteiger partial charge >= 0.3 is 0 Å². The molecule has 0 N–H and O–H groups in total. The van der Waals surface area contributed by atoms with E-state index in [0.717, 1.165) is 6.07 Å². The van der Waals surface area contributed by atoms with Crippen molar-refractivity contribution < 1.29 is 13.6 Å².